The fourth-order valence-corrected chi connectivity index (χ4v) is 4.84. The number of nitrogens with one attached hydrogen (secondary N) is 1. The third-order valence-corrected chi connectivity index (χ3v) is 6.33. The van der Waals surface area contributed by atoms with E-state index in [-0.39, 0.29) is 23.0 Å². The van der Waals surface area contributed by atoms with Gasteiger partial charge in [0.15, 0.2) is 16.3 Å². The number of anilines is 1. The highest BCUT2D eigenvalue weighted by atomic mass is 35.5. The third-order valence-electron chi connectivity index (χ3n) is 5.29. The largest absolute Gasteiger partial charge is 0.332 e. The Kier molecular flexibility index (Phi) is 5.51. The van der Waals surface area contributed by atoms with Gasteiger partial charge in [-0.1, -0.05) is 17.7 Å². The molecule has 3 heterocycles. The molecule has 0 spiro atoms. The molecule has 0 saturated heterocycles. The molecule has 0 aliphatic heterocycles. The fraction of sp³-hybridized carbons (Fsp3) is 0.286. The van der Waals surface area contributed by atoms with Gasteiger partial charge in [0.25, 0.3) is 5.56 Å². The summed E-state index contributed by atoms with van der Waals surface area (Å²) in [5, 5.41) is 5.03. The van der Waals surface area contributed by atoms with Crippen molar-refractivity contribution in [2.45, 2.75) is 27.3 Å². The number of thiazole rings is 1. The van der Waals surface area contributed by atoms with Crippen molar-refractivity contribution in [1.29, 1.82) is 0 Å². The molecule has 9 nitrogen and oxygen atoms in total. The molecule has 1 amide bonds. The summed E-state index contributed by atoms with van der Waals surface area (Å²) in [6.45, 7) is 5.87. The van der Waals surface area contributed by atoms with E-state index in [1.165, 1.54) is 40.1 Å². The van der Waals surface area contributed by atoms with Gasteiger partial charge in [-0.25, -0.2) is 9.78 Å². The molecule has 166 valence electrons. The van der Waals surface area contributed by atoms with Gasteiger partial charge >= 0.3 is 5.69 Å². The number of carbonyl (C=O) groups is 1. The van der Waals surface area contributed by atoms with Gasteiger partial charge in [-0.15, -0.1) is 11.3 Å². The fourth-order valence-electron chi connectivity index (χ4n) is 3.90. The van der Waals surface area contributed by atoms with Crippen LogP contribution in [0.3, 0.4) is 0 Å². The zero-order valence-corrected chi connectivity index (χ0v) is 19.8. The van der Waals surface area contributed by atoms with Gasteiger partial charge in [0.2, 0.25) is 11.2 Å². The summed E-state index contributed by atoms with van der Waals surface area (Å²) < 4.78 is 3.46. The molecule has 0 fully saturated rings. The molecular weight excluding hydrogens is 452 g/mol. The molecule has 0 aliphatic rings. The second kappa shape index (κ2) is 8.03. The molecule has 0 unspecified atom stereocenters. The second-order valence-corrected chi connectivity index (χ2v) is 8.90. The Balaban J connectivity index is 1.63. The zero-order chi connectivity index (χ0) is 23.3. The molecule has 3 aromatic heterocycles. The molecule has 11 heteroatoms. The number of imidazole rings is 1. The number of fused-ring (bicyclic) bond motifs is 1. The zero-order valence-electron chi connectivity index (χ0n) is 18.2. The quantitative estimate of drug-likeness (QED) is 0.460. The van der Waals surface area contributed by atoms with Gasteiger partial charge in [-0.2, -0.15) is 4.98 Å². The van der Waals surface area contributed by atoms with Crippen LogP contribution < -0.4 is 16.6 Å². The summed E-state index contributed by atoms with van der Waals surface area (Å²) in [6.07, 6.45) is 0. The van der Waals surface area contributed by atoms with Crippen molar-refractivity contribution in [2.24, 2.45) is 14.1 Å². The average molecular weight is 473 g/mol. The molecule has 0 atom stereocenters. The predicted octanol–water partition coefficient (Wildman–Crippen LogP) is 2.77. The van der Waals surface area contributed by atoms with Gasteiger partial charge in [-0.05, 0) is 43.5 Å². The van der Waals surface area contributed by atoms with E-state index in [4.69, 9.17) is 11.6 Å². The summed E-state index contributed by atoms with van der Waals surface area (Å²) in [4.78, 5) is 46.1. The Morgan fingerprint density at radius 2 is 1.75 bits per heavy atom. The standard InChI is InChI=1S/C21H21ClN6O3S/c1-10-6-11(2)15(12(3)7-10)13-9-32-20(23-13)24-14(29)8-28-16-17(25-19(28)22)26(4)21(31)27(5)18(16)30/h6-7,9H,8H2,1-5H3,(H,23,24,29). The van der Waals surface area contributed by atoms with Crippen molar-refractivity contribution in [3.8, 4) is 11.3 Å². The van der Waals surface area contributed by atoms with E-state index in [2.05, 4.69) is 27.4 Å². The molecule has 4 rings (SSSR count). The number of benzene rings is 1. The molecule has 4 aromatic rings. The summed E-state index contributed by atoms with van der Waals surface area (Å²) in [5.41, 5.74) is 4.35. The summed E-state index contributed by atoms with van der Waals surface area (Å²) in [5.74, 6) is -0.416. The molecule has 1 N–H and O–H groups in total. The minimum absolute atomic E-state index is 0.0563. The highest BCUT2D eigenvalue weighted by molar-refractivity contribution is 7.14. The van der Waals surface area contributed by atoms with Crippen molar-refractivity contribution in [3.63, 3.8) is 0 Å². The van der Waals surface area contributed by atoms with Crippen LogP contribution in [0.2, 0.25) is 5.28 Å². The lowest BCUT2D eigenvalue weighted by Gasteiger charge is -2.09. The van der Waals surface area contributed by atoms with Crippen molar-refractivity contribution in [1.82, 2.24) is 23.7 Å². The highest BCUT2D eigenvalue weighted by Gasteiger charge is 2.20. The van der Waals surface area contributed by atoms with E-state index in [1.807, 2.05) is 26.2 Å². The maximum absolute atomic E-state index is 12.7. The van der Waals surface area contributed by atoms with E-state index in [9.17, 15) is 14.4 Å². The van der Waals surface area contributed by atoms with Gasteiger partial charge in [0.1, 0.15) is 6.54 Å². The molecule has 0 radical (unpaired) electrons. The van der Waals surface area contributed by atoms with E-state index < -0.39 is 17.2 Å². The lowest BCUT2D eigenvalue weighted by molar-refractivity contribution is -0.116. The van der Waals surface area contributed by atoms with Crippen LogP contribution >= 0.6 is 22.9 Å². The highest BCUT2D eigenvalue weighted by Crippen LogP contribution is 2.31. The Morgan fingerprint density at radius 3 is 2.41 bits per heavy atom. The maximum atomic E-state index is 12.7. The number of hydrogen-bond donors (Lipinski definition) is 1. The summed E-state index contributed by atoms with van der Waals surface area (Å²) in [7, 11) is 2.85. The van der Waals surface area contributed by atoms with E-state index in [1.54, 1.807) is 0 Å². The number of nitrogens with zero attached hydrogens (tertiary/aromatic N) is 5. The van der Waals surface area contributed by atoms with E-state index in [0.717, 1.165) is 27.0 Å². The monoisotopic (exact) mass is 472 g/mol. The van der Waals surface area contributed by atoms with Crippen LogP contribution in [0.5, 0.6) is 0 Å². The molecule has 0 aliphatic carbocycles. The number of hydrogen-bond acceptors (Lipinski definition) is 6. The van der Waals surface area contributed by atoms with E-state index >= 15 is 0 Å². The molecular formula is C21H21ClN6O3S. The van der Waals surface area contributed by atoms with Gasteiger partial charge in [0, 0.05) is 25.0 Å². The predicted molar refractivity (Wildman–Crippen MR) is 126 cm³/mol. The minimum Gasteiger partial charge on any atom is -0.300 e. The first kappa shape index (κ1) is 22.0. The number of amides is 1. The smallest absolute Gasteiger partial charge is 0.300 e. The van der Waals surface area contributed by atoms with Crippen LogP contribution in [0, 0.1) is 20.8 Å². The summed E-state index contributed by atoms with van der Waals surface area (Å²) >= 11 is 7.50. The van der Waals surface area contributed by atoms with Crippen molar-refractivity contribution < 1.29 is 4.79 Å². The normalized spacial score (nSPS) is 11.3. The van der Waals surface area contributed by atoms with Crippen LogP contribution in [-0.4, -0.2) is 29.6 Å². The lowest BCUT2D eigenvalue weighted by Crippen LogP contribution is -2.37. The maximum Gasteiger partial charge on any atom is 0.332 e. The number of rotatable bonds is 4. The van der Waals surface area contributed by atoms with Crippen LogP contribution in [0.15, 0.2) is 27.1 Å². The first-order chi connectivity index (χ1) is 15.1. The third kappa shape index (κ3) is 3.65. The molecule has 0 saturated carbocycles. The SMILES string of the molecule is Cc1cc(C)c(-c2csc(NC(=O)Cn3c(Cl)nc4c3c(=O)n(C)c(=O)n4C)n2)c(C)c1. The van der Waals surface area contributed by atoms with Crippen LogP contribution in [0.4, 0.5) is 5.13 Å². The second-order valence-electron chi connectivity index (χ2n) is 7.70. The Hall–Kier alpha value is -3.24. The summed E-state index contributed by atoms with van der Waals surface area (Å²) in [6, 6.07) is 4.19. The van der Waals surface area contributed by atoms with Gasteiger partial charge in [0.05, 0.1) is 5.69 Å². The topological polar surface area (TPSA) is 104 Å². The Labute approximate surface area is 191 Å². The number of carbonyl (C=O) groups excluding carboxylic acids is 1. The van der Waals surface area contributed by atoms with E-state index in [0.29, 0.717) is 5.13 Å². The molecule has 0 bridgehead atoms. The minimum atomic E-state index is -0.572. The number of halogens is 1. The van der Waals surface area contributed by atoms with Crippen LogP contribution in [-0.2, 0) is 25.4 Å². The Bertz CT molecular complexity index is 1490. The molecule has 32 heavy (non-hydrogen) atoms. The van der Waals surface area contributed by atoms with Crippen LogP contribution in [0.1, 0.15) is 16.7 Å². The Morgan fingerprint density at radius 1 is 1.09 bits per heavy atom. The molecule has 1 aromatic carbocycles. The average Bonchev–Trinajstić information content (AvgIpc) is 3.29. The van der Waals surface area contributed by atoms with Gasteiger partial charge in [-0.3, -0.25) is 23.3 Å². The number of aromatic nitrogens is 5. The first-order valence-corrected chi connectivity index (χ1v) is 11.0. The van der Waals surface area contributed by atoms with Crippen molar-refractivity contribution in [2.75, 3.05) is 5.32 Å². The first-order valence-electron chi connectivity index (χ1n) is 9.73. The lowest BCUT2D eigenvalue weighted by atomic mass is 9.98. The van der Waals surface area contributed by atoms with Crippen molar-refractivity contribution in [3.05, 3.63) is 60.3 Å². The van der Waals surface area contributed by atoms with Crippen molar-refractivity contribution >= 4 is 45.1 Å². The number of aryl methyl sites for hydroxylation is 4. The van der Waals surface area contributed by atoms with Crippen LogP contribution in [0.25, 0.3) is 22.4 Å². The van der Waals surface area contributed by atoms with Gasteiger partial charge < -0.3 is 5.32 Å².